The second kappa shape index (κ2) is 10.5. The fraction of sp³-hybridized carbons (Fsp3) is 0.406. The molecule has 1 heterocycles. The van der Waals surface area contributed by atoms with Gasteiger partial charge in [-0.25, -0.2) is 4.39 Å². The monoisotopic (exact) mass is 469 g/mol. The lowest BCUT2D eigenvalue weighted by atomic mass is 9.80. The quantitative estimate of drug-likeness (QED) is 0.381. The maximum Gasteiger partial charge on any atom is 0.150 e. The van der Waals surface area contributed by atoms with Crippen molar-refractivity contribution in [1.29, 1.82) is 0 Å². The minimum absolute atomic E-state index is 0.186. The summed E-state index contributed by atoms with van der Waals surface area (Å²) < 4.78 is 14.7. The maximum absolute atomic E-state index is 14.7. The third-order valence-electron chi connectivity index (χ3n) is 8.37. The Bertz CT molecular complexity index is 1160. The van der Waals surface area contributed by atoms with Crippen LogP contribution in [-0.4, -0.2) is 23.8 Å². The second-order valence-electron chi connectivity index (χ2n) is 10.7. The van der Waals surface area contributed by atoms with Crippen LogP contribution in [0.5, 0.6) is 0 Å². The first-order chi connectivity index (χ1) is 17.0. The average Bonchev–Trinajstić information content (AvgIpc) is 3.28. The summed E-state index contributed by atoms with van der Waals surface area (Å²) in [5, 5.41) is 0. The highest BCUT2D eigenvalue weighted by Crippen LogP contribution is 2.39. The van der Waals surface area contributed by atoms with Crippen LogP contribution in [0.15, 0.2) is 72.8 Å². The van der Waals surface area contributed by atoms with E-state index in [1.54, 1.807) is 6.07 Å². The summed E-state index contributed by atoms with van der Waals surface area (Å²) in [5.41, 5.74) is 5.97. The lowest BCUT2D eigenvalue weighted by molar-refractivity contribution is -0.127. The summed E-state index contributed by atoms with van der Waals surface area (Å²) >= 11 is 0. The van der Waals surface area contributed by atoms with Crippen molar-refractivity contribution < 1.29 is 9.18 Å². The zero-order chi connectivity index (χ0) is 24.4. The van der Waals surface area contributed by atoms with Crippen molar-refractivity contribution in [2.75, 3.05) is 13.1 Å². The number of piperidine rings is 1. The van der Waals surface area contributed by atoms with Crippen LogP contribution in [-0.2, 0) is 24.1 Å². The molecule has 0 amide bonds. The fourth-order valence-corrected chi connectivity index (χ4v) is 6.51. The van der Waals surface area contributed by atoms with Gasteiger partial charge >= 0.3 is 0 Å². The molecule has 0 radical (unpaired) electrons. The molecule has 0 bridgehead atoms. The van der Waals surface area contributed by atoms with Crippen molar-refractivity contribution in [3.63, 3.8) is 0 Å². The van der Waals surface area contributed by atoms with Gasteiger partial charge in [0.1, 0.15) is 5.82 Å². The number of rotatable bonds is 7. The third kappa shape index (κ3) is 5.11. The Morgan fingerprint density at radius 2 is 1.63 bits per heavy atom. The molecule has 35 heavy (non-hydrogen) atoms. The number of nitrogens with zero attached hydrogens (tertiary/aromatic N) is 1. The number of carbonyl (C=O) groups is 1. The van der Waals surface area contributed by atoms with Crippen molar-refractivity contribution in [2.45, 2.75) is 52.0 Å². The summed E-state index contributed by atoms with van der Waals surface area (Å²) in [6.45, 7) is 5.87. The molecule has 5 rings (SSSR count). The van der Waals surface area contributed by atoms with Crippen LogP contribution in [0.1, 0.15) is 53.6 Å². The van der Waals surface area contributed by atoms with Crippen LogP contribution in [0.3, 0.4) is 0 Å². The van der Waals surface area contributed by atoms with Gasteiger partial charge in [-0.05, 0) is 91.3 Å². The molecule has 0 spiro atoms. The molecule has 3 unspecified atom stereocenters. The zero-order valence-corrected chi connectivity index (χ0v) is 20.9. The Morgan fingerprint density at radius 1 is 0.971 bits per heavy atom. The molecular formula is C32H36FNO. The zero-order valence-electron chi connectivity index (χ0n) is 20.9. The Balaban J connectivity index is 1.41. The molecular weight excluding hydrogens is 433 g/mol. The predicted octanol–water partition coefficient (Wildman–Crippen LogP) is 6.75. The second-order valence-corrected chi connectivity index (χ2v) is 10.7. The van der Waals surface area contributed by atoms with E-state index in [-0.39, 0.29) is 29.5 Å². The van der Waals surface area contributed by atoms with Crippen LogP contribution in [0.25, 0.3) is 0 Å². The van der Waals surface area contributed by atoms with Crippen molar-refractivity contribution in [3.05, 3.63) is 106 Å². The van der Waals surface area contributed by atoms with Gasteiger partial charge in [-0.15, -0.1) is 0 Å². The fourth-order valence-electron chi connectivity index (χ4n) is 6.51. The lowest BCUT2D eigenvalue weighted by Crippen LogP contribution is -2.44. The average molecular weight is 470 g/mol. The van der Waals surface area contributed by atoms with Crippen molar-refractivity contribution in [1.82, 2.24) is 4.90 Å². The summed E-state index contributed by atoms with van der Waals surface area (Å²) in [7, 11) is 0. The van der Waals surface area contributed by atoms with E-state index < -0.39 is 0 Å². The van der Waals surface area contributed by atoms with Gasteiger partial charge in [0.05, 0.1) is 6.54 Å². The SMILES string of the molecule is Cc1ccccc1C1C(C)CCCN1CC(=O)C(Cc1ccccc1F)C1Cc2ccccc2C1. The van der Waals surface area contributed by atoms with Gasteiger partial charge < -0.3 is 0 Å². The maximum atomic E-state index is 14.7. The number of hydrogen-bond donors (Lipinski definition) is 0. The molecule has 1 aliphatic carbocycles. The van der Waals surface area contributed by atoms with Crippen LogP contribution < -0.4 is 0 Å². The molecule has 182 valence electrons. The number of fused-ring (bicyclic) bond motifs is 1. The molecule has 3 atom stereocenters. The first-order valence-electron chi connectivity index (χ1n) is 13.1. The molecule has 2 aliphatic rings. The number of ketones is 1. The highest BCUT2D eigenvalue weighted by Gasteiger charge is 2.37. The molecule has 1 aliphatic heterocycles. The highest BCUT2D eigenvalue weighted by molar-refractivity contribution is 5.84. The van der Waals surface area contributed by atoms with Gasteiger partial charge in [0.15, 0.2) is 5.78 Å². The standard InChI is InChI=1S/C32H36FNO/c1-22-10-3-7-15-28(22)32-23(2)11-9-17-34(32)21-31(35)29(20-26-14-6-8-16-30(26)33)27-18-24-12-4-5-13-25(24)19-27/h3-8,10,12-16,23,27,29,32H,9,11,17-21H2,1-2H3. The normalized spacial score (nSPS) is 21.6. The van der Waals surface area contributed by atoms with E-state index in [0.29, 0.717) is 24.4 Å². The van der Waals surface area contributed by atoms with Crippen molar-refractivity contribution in [3.8, 4) is 0 Å². The summed E-state index contributed by atoms with van der Waals surface area (Å²) in [4.78, 5) is 16.5. The predicted molar refractivity (Wildman–Crippen MR) is 140 cm³/mol. The van der Waals surface area contributed by atoms with Crippen LogP contribution in [0, 0.1) is 30.5 Å². The van der Waals surface area contributed by atoms with Crippen molar-refractivity contribution in [2.24, 2.45) is 17.8 Å². The molecule has 3 heteroatoms. The van der Waals surface area contributed by atoms with Crippen LogP contribution in [0.2, 0.25) is 0 Å². The number of likely N-dealkylation sites (tertiary alicyclic amines) is 1. The summed E-state index contributed by atoms with van der Waals surface area (Å²) in [5.74, 6) is 0.593. The van der Waals surface area contributed by atoms with Crippen LogP contribution in [0.4, 0.5) is 4.39 Å². The van der Waals surface area contributed by atoms with E-state index in [1.165, 1.54) is 34.7 Å². The topological polar surface area (TPSA) is 20.3 Å². The van der Waals surface area contributed by atoms with E-state index in [0.717, 1.165) is 25.8 Å². The van der Waals surface area contributed by atoms with Crippen LogP contribution >= 0.6 is 0 Å². The molecule has 1 fully saturated rings. The number of Topliss-reactive ketones (excluding diaryl/α,β-unsaturated/α-hetero) is 1. The van der Waals surface area contributed by atoms with Gasteiger partial charge in [-0.2, -0.15) is 0 Å². The van der Waals surface area contributed by atoms with E-state index in [9.17, 15) is 9.18 Å². The third-order valence-corrected chi connectivity index (χ3v) is 8.37. The van der Waals surface area contributed by atoms with Gasteiger partial charge in [0.2, 0.25) is 0 Å². The van der Waals surface area contributed by atoms with Gasteiger partial charge in [-0.3, -0.25) is 9.69 Å². The molecule has 0 N–H and O–H groups in total. The minimum Gasteiger partial charge on any atom is -0.298 e. The van der Waals surface area contributed by atoms with E-state index >= 15 is 0 Å². The number of benzene rings is 3. The van der Waals surface area contributed by atoms with E-state index in [4.69, 9.17) is 0 Å². The molecule has 2 nitrogen and oxygen atoms in total. The van der Waals surface area contributed by atoms with Gasteiger partial charge in [0.25, 0.3) is 0 Å². The molecule has 0 saturated carbocycles. The van der Waals surface area contributed by atoms with E-state index in [2.05, 4.69) is 67.3 Å². The number of hydrogen-bond acceptors (Lipinski definition) is 2. The Hall–Kier alpha value is -2.78. The summed E-state index contributed by atoms with van der Waals surface area (Å²) in [6.07, 6.45) is 4.57. The number of halogens is 1. The smallest absolute Gasteiger partial charge is 0.150 e. The molecule has 3 aromatic rings. The molecule has 0 aromatic heterocycles. The van der Waals surface area contributed by atoms with Gasteiger partial charge in [0, 0.05) is 12.0 Å². The largest absolute Gasteiger partial charge is 0.298 e. The number of aryl methyl sites for hydroxylation is 1. The molecule has 3 aromatic carbocycles. The van der Waals surface area contributed by atoms with Gasteiger partial charge in [-0.1, -0.05) is 73.7 Å². The first kappa shape index (κ1) is 23.9. The van der Waals surface area contributed by atoms with E-state index in [1.807, 2.05) is 12.1 Å². The Labute approximate surface area is 209 Å². The minimum atomic E-state index is -0.204. The Kier molecular flexibility index (Phi) is 7.15. The highest BCUT2D eigenvalue weighted by atomic mass is 19.1. The molecule has 1 saturated heterocycles. The lowest BCUT2D eigenvalue weighted by Gasteiger charge is -2.41. The number of carbonyl (C=O) groups excluding carboxylic acids is 1. The van der Waals surface area contributed by atoms with Crippen molar-refractivity contribution >= 4 is 5.78 Å². The first-order valence-corrected chi connectivity index (χ1v) is 13.1. The summed E-state index contributed by atoms with van der Waals surface area (Å²) in [6, 6.07) is 24.3. The Morgan fingerprint density at radius 3 is 2.34 bits per heavy atom.